The molecule has 0 radical (unpaired) electrons. The smallest absolute Gasteiger partial charge is 0.246 e. The summed E-state index contributed by atoms with van der Waals surface area (Å²) < 4.78 is 13.3. The molecular weight excluding hydrogens is 449 g/mol. The van der Waals surface area contributed by atoms with Gasteiger partial charge in [-0.3, -0.25) is 14.5 Å². The van der Waals surface area contributed by atoms with Crippen LogP contribution in [0, 0.1) is 11.2 Å². The van der Waals surface area contributed by atoms with Gasteiger partial charge in [0.15, 0.2) is 0 Å². The fourth-order valence-electron chi connectivity index (χ4n) is 4.77. The number of hydrogen-bond donors (Lipinski definition) is 2. The number of carbonyl (C=O) groups is 2. The van der Waals surface area contributed by atoms with Crippen LogP contribution in [0.4, 0.5) is 4.39 Å². The molecule has 33 heavy (non-hydrogen) atoms. The Kier molecular flexibility index (Phi) is 7.38. The number of aliphatic hydroxyl groups is 2. The normalized spacial score (nSPS) is 24.4. The maximum absolute atomic E-state index is 13.3. The van der Waals surface area contributed by atoms with E-state index in [1.54, 1.807) is 15.9 Å². The van der Waals surface area contributed by atoms with Gasteiger partial charge in [0.2, 0.25) is 11.8 Å². The largest absolute Gasteiger partial charge is 0.391 e. The molecule has 4 rings (SSSR count). The van der Waals surface area contributed by atoms with Gasteiger partial charge in [0.05, 0.1) is 17.2 Å². The summed E-state index contributed by atoms with van der Waals surface area (Å²) in [5.41, 5.74) is 0.733. The first-order valence-corrected chi connectivity index (χ1v) is 11.9. The Morgan fingerprint density at radius 2 is 2.00 bits per heavy atom. The van der Waals surface area contributed by atoms with Gasteiger partial charge in [-0.15, -0.1) is 0 Å². The summed E-state index contributed by atoms with van der Waals surface area (Å²) >= 11 is 5.77. The molecular formula is C24H31ClFN3O4. The summed E-state index contributed by atoms with van der Waals surface area (Å²) in [7, 11) is 0. The van der Waals surface area contributed by atoms with Crippen LogP contribution in [0.3, 0.4) is 0 Å². The SMILES string of the molecule is O=C(/C=C/c1ccc(F)c(Cl)c1)N1CCC(=O)N(CC(O)CN2CCC3(CC3)[C@H](O)C2)CC1. The van der Waals surface area contributed by atoms with Crippen LogP contribution in [0.15, 0.2) is 24.3 Å². The third-order valence-electron chi connectivity index (χ3n) is 7.12. The van der Waals surface area contributed by atoms with Crippen molar-refractivity contribution in [2.45, 2.75) is 37.9 Å². The Hall–Kier alpha value is -2.00. The van der Waals surface area contributed by atoms with Crippen molar-refractivity contribution >= 4 is 29.5 Å². The van der Waals surface area contributed by atoms with Crippen LogP contribution in [-0.2, 0) is 9.59 Å². The van der Waals surface area contributed by atoms with E-state index in [4.69, 9.17) is 11.6 Å². The number of hydrogen-bond acceptors (Lipinski definition) is 5. The molecule has 0 bridgehead atoms. The molecule has 3 aliphatic rings. The Morgan fingerprint density at radius 1 is 1.21 bits per heavy atom. The van der Waals surface area contributed by atoms with Gasteiger partial charge in [-0.2, -0.15) is 0 Å². The van der Waals surface area contributed by atoms with Crippen molar-refractivity contribution < 1.29 is 24.2 Å². The average molecular weight is 480 g/mol. The molecule has 1 aromatic rings. The fourth-order valence-corrected chi connectivity index (χ4v) is 4.95. The second kappa shape index (κ2) is 10.1. The molecule has 7 nitrogen and oxygen atoms in total. The molecule has 2 heterocycles. The van der Waals surface area contributed by atoms with Gasteiger partial charge in [0, 0.05) is 51.8 Å². The Morgan fingerprint density at radius 3 is 2.70 bits per heavy atom. The van der Waals surface area contributed by atoms with Crippen molar-refractivity contribution in [2.24, 2.45) is 5.41 Å². The van der Waals surface area contributed by atoms with Crippen LogP contribution < -0.4 is 0 Å². The predicted octanol–water partition coefficient (Wildman–Crippen LogP) is 1.76. The first-order chi connectivity index (χ1) is 15.8. The van der Waals surface area contributed by atoms with Crippen molar-refractivity contribution in [3.8, 4) is 0 Å². The zero-order valence-corrected chi connectivity index (χ0v) is 19.4. The van der Waals surface area contributed by atoms with Crippen molar-refractivity contribution in [3.05, 3.63) is 40.7 Å². The van der Waals surface area contributed by atoms with Crippen molar-refractivity contribution in [3.63, 3.8) is 0 Å². The quantitative estimate of drug-likeness (QED) is 0.607. The third-order valence-corrected chi connectivity index (χ3v) is 7.41. The zero-order chi connectivity index (χ0) is 23.6. The lowest BCUT2D eigenvalue weighted by molar-refractivity contribution is -0.132. The molecule has 1 aliphatic carbocycles. The summed E-state index contributed by atoms with van der Waals surface area (Å²) in [5, 5.41) is 20.9. The first kappa shape index (κ1) is 24.1. The van der Waals surface area contributed by atoms with Crippen molar-refractivity contribution in [1.82, 2.24) is 14.7 Å². The number of nitrogens with zero attached hydrogens (tertiary/aromatic N) is 3. The molecule has 1 unspecified atom stereocenters. The summed E-state index contributed by atoms with van der Waals surface area (Å²) in [6, 6.07) is 4.22. The van der Waals surface area contributed by atoms with E-state index >= 15 is 0 Å². The predicted molar refractivity (Wildman–Crippen MR) is 123 cm³/mol. The highest BCUT2D eigenvalue weighted by atomic mass is 35.5. The molecule has 9 heteroatoms. The molecule has 2 atom stereocenters. The molecule has 1 aromatic carbocycles. The first-order valence-electron chi connectivity index (χ1n) is 11.5. The van der Waals surface area contributed by atoms with Gasteiger partial charge in [-0.25, -0.2) is 4.39 Å². The maximum atomic E-state index is 13.3. The lowest BCUT2D eigenvalue weighted by atomic mass is 9.90. The van der Waals surface area contributed by atoms with E-state index < -0.39 is 11.9 Å². The van der Waals surface area contributed by atoms with Gasteiger partial charge in [-0.05, 0) is 55.0 Å². The highest BCUT2D eigenvalue weighted by Crippen LogP contribution is 2.53. The van der Waals surface area contributed by atoms with E-state index in [9.17, 15) is 24.2 Å². The average Bonchev–Trinajstić information content (AvgIpc) is 3.58. The summed E-state index contributed by atoms with van der Waals surface area (Å²) in [6.07, 6.45) is 5.26. The fraction of sp³-hybridized carbons (Fsp3) is 0.583. The number of carbonyl (C=O) groups excluding carboxylic acids is 2. The topological polar surface area (TPSA) is 84.3 Å². The highest BCUT2D eigenvalue weighted by molar-refractivity contribution is 6.30. The number of likely N-dealkylation sites (tertiary alicyclic amines) is 1. The minimum Gasteiger partial charge on any atom is -0.391 e. The lowest BCUT2D eigenvalue weighted by Gasteiger charge is -2.37. The van der Waals surface area contributed by atoms with Crippen molar-refractivity contribution in [2.75, 3.05) is 45.8 Å². The molecule has 2 amide bonds. The van der Waals surface area contributed by atoms with Gasteiger partial charge < -0.3 is 20.0 Å². The van der Waals surface area contributed by atoms with Gasteiger partial charge in [0.1, 0.15) is 5.82 Å². The second-order valence-corrected chi connectivity index (χ2v) is 9.87. The number of halogens is 2. The van der Waals surface area contributed by atoms with E-state index in [0.29, 0.717) is 38.3 Å². The van der Waals surface area contributed by atoms with Crippen LogP contribution >= 0.6 is 11.6 Å². The number of amides is 2. The Labute approximate surface area is 198 Å². The number of benzene rings is 1. The molecule has 2 aliphatic heterocycles. The lowest BCUT2D eigenvalue weighted by Crippen LogP contribution is -2.49. The highest BCUT2D eigenvalue weighted by Gasteiger charge is 2.51. The summed E-state index contributed by atoms with van der Waals surface area (Å²) in [6.45, 7) is 3.08. The molecule has 1 spiro atoms. The molecule has 2 N–H and O–H groups in total. The number of aliphatic hydroxyl groups excluding tert-OH is 2. The maximum Gasteiger partial charge on any atom is 0.246 e. The van der Waals surface area contributed by atoms with Gasteiger partial charge in [-0.1, -0.05) is 17.7 Å². The van der Waals surface area contributed by atoms with E-state index in [2.05, 4.69) is 4.90 Å². The van der Waals surface area contributed by atoms with E-state index in [-0.39, 0.29) is 41.3 Å². The van der Waals surface area contributed by atoms with Crippen LogP contribution in [0.1, 0.15) is 31.2 Å². The van der Waals surface area contributed by atoms with Crippen molar-refractivity contribution in [1.29, 1.82) is 0 Å². The standard InChI is InChI=1S/C24H31ClFN3O4/c25-19-13-17(1-3-20(19)26)2-4-22(32)28-9-5-23(33)29(12-11-28)15-18(30)14-27-10-8-24(6-7-24)21(31)16-27/h1-4,13,18,21,30-31H,5-12,14-16H2/b4-2+/t18?,21-/m1/s1. The van der Waals surface area contributed by atoms with Gasteiger partial charge in [0.25, 0.3) is 0 Å². The zero-order valence-electron chi connectivity index (χ0n) is 18.6. The summed E-state index contributed by atoms with van der Waals surface area (Å²) in [5.74, 6) is -0.840. The van der Waals surface area contributed by atoms with E-state index in [0.717, 1.165) is 25.8 Å². The van der Waals surface area contributed by atoms with E-state index in [1.165, 1.54) is 24.3 Å². The Bertz CT molecular complexity index is 923. The van der Waals surface area contributed by atoms with Gasteiger partial charge >= 0.3 is 0 Å². The minimum atomic E-state index is -0.709. The van der Waals surface area contributed by atoms with Crippen LogP contribution in [0.25, 0.3) is 6.08 Å². The molecule has 3 fully saturated rings. The minimum absolute atomic E-state index is 0.00900. The van der Waals surface area contributed by atoms with E-state index in [1.807, 2.05) is 0 Å². The molecule has 2 saturated heterocycles. The third kappa shape index (κ3) is 5.93. The monoisotopic (exact) mass is 479 g/mol. The van der Waals surface area contributed by atoms with Crippen LogP contribution in [-0.4, -0.2) is 94.7 Å². The van der Waals surface area contributed by atoms with Crippen LogP contribution in [0.2, 0.25) is 5.02 Å². The number of β-amino-alcohol motifs (C(OH)–C–C–N with tert-alkyl or cyclic N) is 2. The second-order valence-electron chi connectivity index (χ2n) is 9.46. The van der Waals surface area contributed by atoms with Crippen LogP contribution in [0.5, 0.6) is 0 Å². The Balaban J connectivity index is 1.26. The molecule has 0 aromatic heterocycles. The number of rotatable bonds is 6. The number of piperidine rings is 1. The summed E-state index contributed by atoms with van der Waals surface area (Å²) in [4.78, 5) is 30.4. The molecule has 180 valence electrons. The molecule has 1 saturated carbocycles.